The number of carbonyl (C=O) groups is 1. The predicted octanol–water partition coefficient (Wildman–Crippen LogP) is 2.52. The number of anilines is 2. The average molecular weight is 378 g/mol. The molecule has 0 bridgehead atoms. The molecule has 1 aliphatic heterocycles. The van der Waals surface area contributed by atoms with Crippen LogP contribution in [0.5, 0.6) is 0 Å². The normalized spacial score (nSPS) is 16.9. The van der Waals surface area contributed by atoms with Crippen LogP contribution in [0.3, 0.4) is 0 Å². The number of hydrogen-bond donors (Lipinski definition) is 2. The molecule has 8 nitrogen and oxygen atoms in total. The molecule has 0 atom stereocenters. The number of carbonyl (C=O) groups excluding carboxylic acids is 1. The maximum absolute atomic E-state index is 11.9. The molecule has 2 fully saturated rings. The molecule has 8 heteroatoms. The van der Waals surface area contributed by atoms with Crippen LogP contribution >= 0.6 is 0 Å². The molecule has 3 aromatic rings. The topological polar surface area (TPSA) is 83.8 Å². The number of imidazole rings is 1. The van der Waals surface area contributed by atoms with Crippen molar-refractivity contribution in [2.75, 3.05) is 36.5 Å². The fourth-order valence-corrected chi connectivity index (χ4v) is 3.38. The van der Waals surface area contributed by atoms with E-state index in [1.54, 1.807) is 6.20 Å². The third kappa shape index (κ3) is 3.50. The number of nitrogens with one attached hydrogen (secondary N) is 2. The van der Waals surface area contributed by atoms with Gasteiger partial charge in [-0.1, -0.05) is 12.1 Å². The summed E-state index contributed by atoms with van der Waals surface area (Å²) >= 11 is 0. The van der Waals surface area contributed by atoms with Gasteiger partial charge in [-0.05, 0) is 31.0 Å². The summed E-state index contributed by atoms with van der Waals surface area (Å²) in [6.45, 7) is 3.11. The molecule has 2 aromatic heterocycles. The molecule has 1 aromatic carbocycles. The van der Waals surface area contributed by atoms with E-state index in [0.29, 0.717) is 19.3 Å². The number of benzene rings is 1. The second-order valence-corrected chi connectivity index (χ2v) is 7.16. The van der Waals surface area contributed by atoms with E-state index in [4.69, 9.17) is 9.84 Å². The molecule has 0 radical (unpaired) electrons. The molecule has 2 amide bonds. The van der Waals surface area contributed by atoms with Gasteiger partial charge in [-0.25, -0.2) is 14.3 Å². The standard InChI is InChI=1S/C20H22N6O2/c27-20(23-16-5-6-16)22-15-3-1-14(2-4-15)17-13-18(25-9-11-28-12-10-25)19-21-7-8-26(19)24-17/h1-4,7-8,13,16H,5-6,9-12H2,(H2,22,23,27). The number of urea groups is 1. The lowest BCUT2D eigenvalue weighted by Gasteiger charge is -2.29. The van der Waals surface area contributed by atoms with E-state index in [2.05, 4.69) is 26.6 Å². The first-order valence-corrected chi connectivity index (χ1v) is 9.61. The van der Waals surface area contributed by atoms with Crippen LogP contribution in [-0.2, 0) is 4.74 Å². The van der Waals surface area contributed by atoms with Crippen LogP contribution in [0.1, 0.15) is 12.8 Å². The third-order valence-electron chi connectivity index (χ3n) is 5.04. The van der Waals surface area contributed by atoms with Gasteiger partial charge >= 0.3 is 6.03 Å². The third-order valence-corrected chi connectivity index (χ3v) is 5.04. The average Bonchev–Trinajstić information content (AvgIpc) is 3.40. The molecule has 144 valence electrons. The molecular weight excluding hydrogens is 356 g/mol. The smallest absolute Gasteiger partial charge is 0.319 e. The SMILES string of the molecule is O=C(Nc1ccc(-c2cc(N3CCOCC3)c3nccn3n2)cc1)NC1CC1. The van der Waals surface area contributed by atoms with Crippen LogP contribution in [0.25, 0.3) is 16.9 Å². The Kier molecular flexibility index (Phi) is 4.32. The highest BCUT2D eigenvalue weighted by molar-refractivity contribution is 5.90. The fraction of sp³-hybridized carbons (Fsp3) is 0.350. The molecular formula is C20H22N6O2. The zero-order chi connectivity index (χ0) is 18.9. The van der Waals surface area contributed by atoms with E-state index in [-0.39, 0.29) is 6.03 Å². The fourth-order valence-electron chi connectivity index (χ4n) is 3.38. The first kappa shape index (κ1) is 17.0. The van der Waals surface area contributed by atoms with Crippen LogP contribution in [-0.4, -0.2) is 53.0 Å². The van der Waals surface area contributed by atoms with Gasteiger partial charge in [-0.15, -0.1) is 0 Å². The van der Waals surface area contributed by atoms with E-state index < -0.39 is 0 Å². The number of nitrogens with zero attached hydrogens (tertiary/aromatic N) is 4. The Bertz CT molecular complexity index is 990. The molecule has 5 rings (SSSR count). The zero-order valence-corrected chi connectivity index (χ0v) is 15.5. The molecule has 1 saturated heterocycles. The summed E-state index contributed by atoms with van der Waals surface area (Å²) < 4.78 is 7.29. The van der Waals surface area contributed by atoms with Crippen molar-refractivity contribution in [1.29, 1.82) is 0 Å². The Hall–Kier alpha value is -3.13. The highest BCUT2D eigenvalue weighted by atomic mass is 16.5. The molecule has 2 N–H and O–H groups in total. The van der Waals surface area contributed by atoms with Crippen LogP contribution in [0, 0.1) is 0 Å². The number of aromatic nitrogens is 3. The van der Waals surface area contributed by atoms with Crippen molar-refractivity contribution >= 4 is 23.1 Å². The monoisotopic (exact) mass is 378 g/mol. The van der Waals surface area contributed by atoms with Gasteiger partial charge < -0.3 is 20.3 Å². The predicted molar refractivity (Wildman–Crippen MR) is 107 cm³/mol. The Morgan fingerprint density at radius 3 is 2.68 bits per heavy atom. The van der Waals surface area contributed by atoms with Gasteiger partial charge in [0.05, 0.1) is 24.6 Å². The Morgan fingerprint density at radius 2 is 1.93 bits per heavy atom. The highest BCUT2D eigenvalue weighted by Crippen LogP contribution is 2.28. The molecule has 0 unspecified atom stereocenters. The molecule has 0 spiro atoms. The molecule has 1 saturated carbocycles. The summed E-state index contributed by atoms with van der Waals surface area (Å²) in [4.78, 5) is 18.6. The van der Waals surface area contributed by atoms with Crippen molar-refractivity contribution in [3.05, 3.63) is 42.7 Å². The lowest BCUT2D eigenvalue weighted by Crippen LogP contribution is -2.36. The zero-order valence-electron chi connectivity index (χ0n) is 15.5. The van der Waals surface area contributed by atoms with E-state index >= 15 is 0 Å². The molecule has 1 aliphatic carbocycles. The number of amides is 2. The Morgan fingerprint density at radius 1 is 1.14 bits per heavy atom. The minimum Gasteiger partial charge on any atom is -0.378 e. The molecule has 2 aliphatic rings. The number of morpholine rings is 1. The Balaban J connectivity index is 1.41. The van der Waals surface area contributed by atoms with Gasteiger partial charge in [0, 0.05) is 42.8 Å². The van der Waals surface area contributed by atoms with Gasteiger partial charge in [0.25, 0.3) is 0 Å². The van der Waals surface area contributed by atoms with Gasteiger partial charge in [0.15, 0.2) is 5.65 Å². The van der Waals surface area contributed by atoms with Crippen molar-refractivity contribution < 1.29 is 9.53 Å². The quantitative estimate of drug-likeness (QED) is 0.729. The molecule has 28 heavy (non-hydrogen) atoms. The van der Waals surface area contributed by atoms with Crippen molar-refractivity contribution in [3.63, 3.8) is 0 Å². The minimum atomic E-state index is -0.150. The van der Waals surface area contributed by atoms with Crippen molar-refractivity contribution in [2.45, 2.75) is 18.9 Å². The van der Waals surface area contributed by atoms with Crippen LogP contribution < -0.4 is 15.5 Å². The van der Waals surface area contributed by atoms with Gasteiger partial charge in [0.1, 0.15) is 0 Å². The van der Waals surface area contributed by atoms with E-state index in [1.807, 2.05) is 35.0 Å². The lowest BCUT2D eigenvalue weighted by atomic mass is 10.1. The van der Waals surface area contributed by atoms with Crippen LogP contribution in [0.15, 0.2) is 42.7 Å². The van der Waals surface area contributed by atoms with E-state index in [9.17, 15) is 4.79 Å². The summed E-state index contributed by atoms with van der Waals surface area (Å²) in [5.41, 5.74) is 4.52. The van der Waals surface area contributed by atoms with E-state index in [1.165, 1.54) is 0 Å². The van der Waals surface area contributed by atoms with Crippen molar-refractivity contribution in [2.24, 2.45) is 0 Å². The molecule has 3 heterocycles. The number of fused-ring (bicyclic) bond motifs is 1. The Labute approximate surface area is 162 Å². The number of ether oxygens (including phenoxy) is 1. The summed E-state index contributed by atoms with van der Waals surface area (Å²) in [6.07, 6.45) is 5.77. The summed E-state index contributed by atoms with van der Waals surface area (Å²) in [5.74, 6) is 0. The van der Waals surface area contributed by atoms with Crippen molar-refractivity contribution in [1.82, 2.24) is 19.9 Å². The van der Waals surface area contributed by atoms with Gasteiger partial charge in [-0.3, -0.25) is 0 Å². The minimum absolute atomic E-state index is 0.150. The second-order valence-electron chi connectivity index (χ2n) is 7.16. The first-order valence-electron chi connectivity index (χ1n) is 9.61. The summed E-state index contributed by atoms with van der Waals surface area (Å²) in [5, 5.41) is 10.5. The van der Waals surface area contributed by atoms with Gasteiger partial charge in [-0.2, -0.15) is 5.10 Å². The largest absolute Gasteiger partial charge is 0.378 e. The maximum atomic E-state index is 11.9. The highest BCUT2D eigenvalue weighted by Gasteiger charge is 2.23. The van der Waals surface area contributed by atoms with Gasteiger partial charge in [0.2, 0.25) is 0 Å². The van der Waals surface area contributed by atoms with Crippen LogP contribution in [0.2, 0.25) is 0 Å². The lowest BCUT2D eigenvalue weighted by molar-refractivity contribution is 0.123. The summed E-state index contributed by atoms with van der Waals surface area (Å²) in [7, 11) is 0. The summed E-state index contributed by atoms with van der Waals surface area (Å²) in [6, 6.07) is 10.0. The first-order chi connectivity index (χ1) is 13.8. The number of hydrogen-bond acceptors (Lipinski definition) is 5. The maximum Gasteiger partial charge on any atom is 0.319 e. The van der Waals surface area contributed by atoms with Crippen molar-refractivity contribution in [3.8, 4) is 11.3 Å². The second kappa shape index (κ2) is 7.12. The number of rotatable bonds is 4. The van der Waals surface area contributed by atoms with Crippen LogP contribution in [0.4, 0.5) is 16.2 Å². The van der Waals surface area contributed by atoms with E-state index in [0.717, 1.165) is 54.2 Å².